The monoisotopic (exact) mass is 473 g/mol. The van der Waals surface area contributed by atoms with Gasteiger partial charge in [-0.3, -0.25) is 9.59 Å². The van der Waals surface area contributed by atoms with Crippen molar-refractivity contribution in [2.45, 2.75) is 75.0 Å². The summed E-state index contributed by atoms with van der Waals surface area (Å²) in [5, 5.41) is 24.1. The third-order valence-electron chi connectivity index (χ3n) is 8.14. The number of amides is 1. The molecule has 0 aromatic carbocycles. The third-order valence-corrected chi connectivity index (χ3v) is 9.34. The van der Waals surface area contributed by atoms with Gasteiger partial charge in [0.05, 0.1) is 11.2 Å². The van der Waals surface area contributed by atoms with E-state index in [9.17, 15) is 14.7 Å². The van der Waals surface area contributed by atoms with Crippen LogP contribution in [0.3, 0.4) is 0 Å². The molecule has 1 aliphatic heterocycles. The lowest BCUT2D eigenvalue weighted by Gasteiger charge is -2.58. The smallest absolute Gasteiger partial charge is 0.303 e. The van der Waals surface area contributed by atoms with E-state index in [1.165, 1.54) is 0 Å². The number of carbonyl (C=O) groups is 2. The molecular weight excluding hydrogens is 438 g/mol. The van der Waals surface area contributed by atoms with Gasteiger partial charge in [-0.2, -0.15) is 0 Å². The number of nitrogens with zero attached hydrogens (tertiary/aromatic N) is 2. The number of aromatic nitrogens is 1. The van der Waals surface area contributed by atoms with Gasteiger partial charge in [0.1, 0.15) is 10.8 Å². The Morgan fingerprint density at radius 1 is 1.24 bits per heavy atom. The second-order valence-electron chi connectivity index (χ2n) is 10.8. The number of anilines is 1. The summed E-state index contributed by atoms with van der Waals surface area (Å²) >= 11 is 1.62. The average Bonchev–Trinajstić information content (AvgIpc) is 3.21. The Hall–Kier alpha value is -1.80. The van der Waals surface area contributed by atoms with Crippen LogP contribution in [0.5, 0.6) is 0 Å². The molecule has 6 atom stereocenters. The Morgan fingerprint density at radius 3 is 2.67 bits per heavy atom. The molecule has 2 heterocycles. The van der Waals surface area contributed by atoms with Crippen LogP contribution >= 0.6 is 11.8 Å². The number of thioether (sulfide) groups is 1. The number of rotatable bonds is 8. The average molecular weight is 474 g/mol. The molecule has 8 heteroatoms. The molecule has 5 fully saturated rings. The van der Waals surface area contributed by atoms with Gasteiger partial charge in [-0.1, -0.05) is 6.92 Å². The molecule has 4 saturated carbocycles. The zero-order chi connectivity index (χ0) is 23.2. The molecule has 6 rings (SSSR count). The van der Waals surface area contributed by atoms with E-state index >= 15 is 0 Å². The van der Waals surface area contributed by atoms with Crippen molar-refractivity contribution in [3.8, 4) is 0 Å². The fourth-order valence-corrected chi connectivity index (χ4v) is 7.86. The maximum atomic E-state index is 13.4. The fourth-order valence-electron chi connectivity index (χ4n) is 6.99. The Morgan fingerprint density at radius 2 is 2.00 bits per heavy atom. The van der Waals surface area contributed by atoms with E-state index in [0.29, 0.717) is 29.9 Å². The van der Waals surface area contributed by atoms with Gasteiger partial charge in [-0.25, -0.2) is 4.98 Å². The number of carboxylic acid groups (broad SMARTS) is 1. The molecule has 3 N–H and O–H groups in total. The first-order chi connectivity index (χ1) is 15.8. The fraction of sp³-hybridized carbons (Fsp3) is 0.720. The van der Waals surface area contributed by atoms with Crippen LogP contribution in [0.15, 0.2) is 17.2 Å². The van der Waals surface area contributed by atoms with E-state index in [4.69, 9.17) is 10.1 Å². The minimum Gasteiger partial charge on any atom is -0.481 e. The van der Waals surface area contributed by atoms with Crippen molar-refractivity contribution in [1.29, 1.82) is 0 Å². The first-order valence-corrected chi connectivity index (χ1v) is 13.5. The molecule has 0 radical (unpaired) electrons. The number of hydrogen-bond donors (Lipinski definition) is 3. The molecule has 5 unspecified atom stereocenters. The summed E-state index contributed by atoms with van der Waals surface area (Å²) in [6.45, 7) is 3.61. The lowest BCUT2D eigenvalue weighted by Crippen LogP contribution is -2.61. The minimum atomic E-state index is -0.752. The third kappa shape index (κ3) is 4.74. The SMILES string of the molecule is CCCSc1nc(N2CCC(CC(=O)O)C2)ccc1C(=O)NC1C2CC3C[C@H]1CC(O)(C3)C2. The van der Waals surface area contributed by atoms with Crippen molar-refractivity contribution >= 4 is 29.5 Å². The number of hydrogen-bond acceptors (Lipinski definition) is 6. The summed E-state index contributed by atoms with van der Waals surface area (Å²) < 4.78 is 0. The standard InChI is InChI=1S/C25H35N3O4S/c1-2-7-33-24-19(3-4-20(26-24)28-6-5-15(14-28)10-21(29)30)23(31)27-22-17-8-16-9-18(22)13-25(32,11-16)12-17/h3-4,15-18,22,32H,2,5-14H2,1H3,(H,27,31)(H,29,30)/t15?,16?,17-,18?,22?,25?/m0/s1. The van der Waals surface area contributed by atoms with Crippen molar-refractivity contribution < 1.29 is 19.8 Å². The Bertz CT molecular complexity index is 909. The molecule has 33 heavy (non-hydrogen) atoms. The van der Waals surface area contributed by atoms with Crippen LogP contribution in [-0.2, 0) is 4.79 Å². The van der Waals surface area contributed by atoms with Crippen LogP contribution < -0.4 is 10.2 Å². The lowest BCUT2D eigenvalue weighted by molar-refractivity contribution is -0.138. The Balaban J connectivity index is 1.31. The van der Waals surface area contributed by atoms with Crippen molar-refractivity contribution in [3.63, 3.8) is 0 Å². The van der Waals surface area contributed by atoms with E-state index in [-0.39, 0.29) is 24.3 Å². The van der Waals surface area contributed by atoms with Gasteiger partial charge in [-0.05, 0) is 86.5 Å². The minimum absolute atomic E-state index is 0.0534. The van der Waals surface area contributed by atoms with E-state index < -0.39 is 11.6 Å². The van der Waals surface area contributed by atoms with E-state index in [1.54, 1.807) is 11.8 Å². The molecule has 180 valence electrons. The summed E-state index contributed by atoms with van der Waals surface area (Å²) in [5.74, 6) is 2.42. The second-order valence-corrected chi connectivity index (χ2v) is 11.8. The van der Waals surface area contributed by atoms with Crippen LogP contribution in [0.1, 0.15) is 68.6 Å². The van der Waals surface area contributed by atoms with Gasteiger partial charge < -0.3 is 20.4 Å². The van der Waals surface area contributed by atoms with Crippen molar-refractivity contribution in [1.82, 2.24) is 10.3 Å². The number of pyridine rings is 1. The second kappa shape index (κ2) is 9.10. The largest absolute Gasteiger partial charge is 0.481 e. The first-order valence-electron chi connectivity index (χ1n) is 12.5. The first kappa shape index (κ1) is 23.0. The quantitative estimate of drug-likeness (QED) is 0.496. The molecule has 5 aliphatic rings. The number of aliphatic hydroxyl groups is 1. The summed E-state index contributed by atoms with van der Waals surface area (Å²) in [4.78, 5) is 31.5. The molecule has 0 spiro atoms. The molecule has 1 amide bonds. The number of aliphatic carboxylic acids is 1. The maximum absolute atomic E-state index is 13.4. The molecule has 4 aliphatic carbocycles. The van der Waals surface area contributed by atoms with E-state index in [2.05, 4.69) is 17.1 Å². The van der Waals surface area contributed by atoms with Crippen LogP contribution in [-0.4, -0.2) is 57.6 Å². The maximum Gasteiger partial charge on any atom is 0.303 e. The van der Waals surface area contributed by atoms with E-state index in [1.807, 2.05) is 12.1 Å². The van der Waals surface area contributed by atoms with Gasteiger partial charge in [0.25, 0.3) is 5.91 Å². The molecule has 4 bridgehead atoms. The Labute approximate surface area is 199 Å². The van der Waals surface area contributed by atoms with Crippen molar-refractivity contribution in [3.05, 3.63) is 17.7 Å². The zero-order valence-corrected chi connectivity index (χ0v) is 20.1. The number of carbonyl (C=O) groups excluding carboxylic acids is 1. The molecule has 1 aromatic heterocycles. The van der Waals surface area contributed by atoms with Gasteiger partial charge in [0.15, 0.2) is 0 Å². The van der Waals surface area contributed by atoms with Crippen LogP contribution in [0.25, 0.3) is 0 Å². The highest BCUT2D eigenvalue weighted by atomic mass is 32.2. The van der Waals surface area contributed by atoms with E-state index in [0.717, 1.165) is 68.1 Å². The highest BCUT2D eigenvalue weighted by Crippen LogP contribution is 2.55. The molecule has 1 saturated heterocycles. The summed E-state index contributed by atoms with van der Waals surface area (Å²) in [6.07, 6.45) is 6.83. The van der Waals surface area contributed by atoms with Gasteiger partial charge in [0, 0.05) is 25.6 Å². The number of carboxylic acids is 1. The van der Waals surface area contributed by atoms with Crippen LogP contribution in [0, 0.1) is 23.7 Å². The zero-order valence-electron chi connectivity index (χ0n) is 19.3. The van der Waals surface area contributed by atoms with Crippen molar-refractivity contribution in [2.75, 3.05) is 23.7 Å². The number of nitrogens with one attached hydrogen (secondary N) is 1. The van der Waals surface area contributed by atoms with Gasteiger partial charge >= 0.3 is 5.97 Å². The Kier molecular flexibility index (Phi) is 6.33. The highest BCUT2D eigenvalue weighted by Gasteiger charge is 2.55. The summed E-state index contributed by atoms with van der Waals surface area (Å²) in [6, 6.07) is 3.95. The van der Waals surface area contributed by atoms with Crippen LogP contribution in [0.2, 0.25) is 0 Å². The molecular formula is C25H35N3O4S. The van der Waals surface area contributed by atoms with Gasteiger partial charge in [0.2, 0.25) is 0 Å². The summed E-state index contributed by atoms with van der Waals surface area (Å²) in [7, 11) is 0. The normalized spacial score (nSPS) is 34.6. The predicted octanol–water partition coefficient (Wildman–Crippen LogP) is 3.55. The molecule has 7 nitrogen and oxygen atoms in total. The molecule has 1 aromatic rings. The van der Waals surface area contributed by atoms with Gasteiger partial charge in [-0.15, -0.1) is 11.8 Å². The summed E-state index contributed by atoms with van der Waals surface area (Å²) in [5.41, 5.74) is 0.128. The van der Waals surface area contributed by atoms with Crippen LogP contribution in [0.4, 0.5) is 5.82 Å². The highest BCUT2D eigenvalue weighted by molar-refractivity contribution is 7.99. The predicted molar refractivity (Wildman–Crippen MR) is 128 cm³/mol. The topological polar surface area (TPSA) is 103 Å². The van der Waals surface area contributed by atoms with Crippen molar-refractivity contribution in [2.24, 2.45) is 23.7 Å². The lowest BCUT2D eigenvalue weighted by atomic mass is 9.52.